The van der Waals surface area contributed by atoms with Crippen LogP contribution < -0.4 is 9.64 Å². The Morgan fingerprint density at radius 1 is 1.12 bits per heavy atom. The van der Waals surface area contributed by atoms with Crippen molar-refractivity contribution in [3.63, 3.8) is 0 Å². The zero-order chi connectivity index (χ0) is 17.4. The van der Waals surface area contributed by atoms with E-state index < -0.39 is 12.6 Å². The van der Waals surface area contributed by atoms with Gasteiger partial charge < -0.3 is 14.7 Å². The maximum atomic E-state index is 12.5. The number of anilines is 1. The molecule has 0 fully saturated rings. The summed E-state index contributed by atoms with van der Waals surface area (Å²) in [5, 5.41) is 8.92. The monoisotopic (exact) mass is 329 g/mol. The highest BCUT2D eigenvalue weighted by Gasteiger charge is 2.08. The number of hydrogen-bond donors (Lipinski definition) is 1. The molecule has 1 aromatic heterocycles. The SMILES string of the molecule is CN(C)c1ccc(/C=C/c2ccc(OCC(CO)C[18F])nc2)cc1. The standard InChI is InChI=1S/C19H23FN2O2/c1-22(2)18-8-5-15(6-9-18)3-4-16-7-10-19(21-12-16)24-14-17(11-20)13-23/h3-10,12,17,23H,11,13-14H2,1-2H3/b4-3+/i20-1. The highest BCUT2D eigenvalue weighted by molar-refractivity contribution is 5.70. The van der Waals surface area contributed by atoms with Crippen molar-refractivity contribution in [1.82, 2.24) is 4.98 Å². The molecule has 2 aromatic rings. The zero-order valence-corrected chi connectivity index (χ0v) is 14.0. The number of benzene rings is 1. The van der Waals surface area contributed by atoms with Gasteiger partial charge >= 0.3 is 0 Å². The molecule has 0 amide bonds. The van der Waals surface area contributed by atoms with Crippen LogP contribution in [0.5, 0.6) is 5.88 Å². The first-order chi connectivity index (χ1) is 11.6. The van der Waals surface area contributed by atoms with Crippen LogP contribution in [-0.2, 0) is 0 Å². The Hall–Kier alpha value is -2.40. The van der Waals surface area contributed by atoms with E-state index in [-0.39, 0.29) is 13.2 Å². The molecular formula is C19H23FN2O2. The van der Waals surface area contributed by atoms with Gasteiger partial charge in [-0.25, -0.2) is 4.98 Å². The molecule has 2 rings (SSSR count). The first kappa shape index (κ1) is 17.9. The summed E-state index contributed by atoms with van der Waals surface area (Å²) in [6.07, 6.45) is 5.69. The summed E-state index contributed by atoms with van der Waals surface area (Å²) >= 11 is 0. The van der Waals surface area contributed by atoms with E-state index in [1.807, 2.05) is 32.3 Å². The van der Waals surface area contributed by atoms with Crippen molar-refractivity contribution < 1.29 is 14.2 Å². The minimum absolute atomic E-state index is 0.118. The molecule has 0 aliphatic carbocycles. The van der Waals surface area contributed by atoms with Crippen LogP contribution in [0.4, 0.5) is 10.1 Å². The van der Waals surface area contributed by atoms with Crippen LogP contribution in [0, 0.1) is 5.92 Å². The second-order valence-corrected chi connectivity index (χ2v) is 5.76. The molecule has 1 heterocycles. The third kappa shape index (κ3) is 5.35. The molecule has 0 radical (unpaired) electrons. The van der Waals surface area contributed by atoms with Crippen LogP contribution in [0.3, 0.4) is 0 Å². The molecule has 4 nitrogen and oxygen atoms in total. The van der Waals surface area contributed by atoms with E-state index in [9.17, 15) is 4.39 Å². The van der Waals surface area contributed by atoms with E-state index in [1.165, 1.54) is 0 Å². The number of rotatable bonds is 8. The molecule has 0 aliphatic rings. The summed E-state index contributed by atoms with van der Waals surface area (Å²) in [5.41, 5.74) is 3.21. The average molecular weight is 329 g/mol. The Morgan fingerprint density at radius 2 is 1.79 bits per heavy atom. The van der Waals surface area contributed by atoms with E-state index in [4.69, 9.17) is 9.84 Å². The Bertz CT molecular complexity index is 635. The Kier molecular flexibility index (Phi) is 6.75. The van der Waals surface area contributed by atoms with Gasteiger partial charge in [0, 0.05) is 38.0 Å². The molecule has 128 valence electrons. The Labute approximate surface area is 142 Å². The molecule has 0 spiro atoms. The second-order valence-electron chi connectivity index (χ2n) is 5.76. The number of aromatic nitrogens is 1. The van der Waals surface area contributed by atoms with Crippen molar-refractivity contribution in [2.45, 2.75) is 0 Å². The number of nitrogens with zero attached hydrogens (tertiary/aromatic N) is 2. The fourth-order valence-corrected chi connectivity index (χ4v) is 2.00. The van der Waals surface area contributed by atoms with Gasteiger partial charge in [-0.05, 0) is 29.3 Å². The number of aliphatic hydroxyl groups excluding tert-OH is 1. The molecule has 0 saturated carbocycles. The minimum Gasteiger partial charge on any atom is -0.477 e. The maximum Gasteiger partial charge on any atom is 0.213 e. The molecule has 1 unspecified atom stereocenters. The first-order valence-electron chi connectivity index (χ1n) is 7.83. The minimum atomic E-state index is -0.607. The lowest BCUT2D eigenvalue weighted by molar-refractivity contribution is 0.137. The predicted molar refractivity (Wildman–Crippen MR) is 96.0 cm³/mol. The largest absolute Gasteiger partial charge is 0.477 e. The average Bonchev–Trinajstić information content (AvgIpc) is 2.62. The number of aliphatic hydroxyl groups is 1. The highest BCUT2D eigenvalue weighted by atomic mass is 18.2. The summed E-state index contributed by atoms with van der Waals surface area (Å²) in [5.74, 6) is -0.0779. The van der Waals surface area contributed by atoms with Gasteiger partial charge in [0.25, 0.3) is 0 Å². The Balaban J connectivity index is 1.93. The molecule has 1 N–H and O–H groups in total. The van der Waals surface area contributed by atoms with Crippen molar-refractivity contribution >= 4 is 17.8 Å². The van der Waals surface area contributed by atoms with Crippen LogP contribution in [0.1, 0.15) is 11.1 Å². The predicted octanol–water partition coefficient (Wildman–Crippen LogP) is 3.27. The molecule has 0 saturated heterocycles. The van der Waals surface area contributed by atoms with Crippen molar-refractivity contribution in [2.75, 3.05) is 38.9 Å². The smallest absolute Gasteiger partial charge is 0.213 e. The van der Waals surface area contributed by atoms with Crippen molar-refractivity contribution in [2.24, 2.45) is 5.92 Å². The topological polar surface area (TPSA) is 45.6 Å². The van der Waals surface area contributed by atoms with Crippen LogP contribution in [0.15, 0.2) is 42.6 Å². The zero-order valence-electron chi connectivity index (χ0n) is 14.0. The van der Waals surface area contributed by atoms with Gasteiger partial charge in [0.05, 0.1) is 19.9 Å². The van der Waals surface area contributed by atoms with Crippen LogP contribution in [0.2, 0.25) is 0 Å². The second kappa shape index (κ2) is 9.03. The lowest BCUT2D eigenvalue weighted by Crippen LogP contribution is -2.18. The molecule has 0 bridgehead atoms. The normalized spacial score (nSPS) is 12.3. The van der Waals surface area contributed by atoms with E-state index in [0.29, 0.717) is 5.88 Å². The number of ether oxygens (including phenoxy) is 1. The molecule has 0 aliphatic heterocycles. The summed E-state index contributed by atoms with van der Waals surface area (Å²) in [6.45, 7) is -0.721. The van der Waals surface area contributed by atoms with Gasteiger partial charge in [-0.15, -0.1) is 0 Å². The summed E-state index contributed by atoms with van der Waals surface area (Å²) in [7, 11) is 4.02. The molecule has 24 heavy (non-hydrogen) atoms. The fraction of sp³-hybridized carbons (Fsp3) is 0.316. The molecule has 5 heteroatoms. The fourth-order valence-electron chi connectivity index (χ4n) is 2.00. The van der Waals surface area contributed by atoms with Crippen LogP contribution >= 0.6 is 0 Å². The van der Waals surface area contributed by atoms with Gasteiger partial charge in [0.15, 0.2) is 0 Å². The van der Waals surface area contributed by atoms with Crippen molar-refractivity contribution in [3.8, 4) is 5.88 Å². The number of halogens is 1. The van der Waals surface area contributed by atoms with Crippen LogP contribution in [0.25, 0.3) is 12.2 Å². The quantitative estimate of drug-likeness (QED) is 0.807. The van der Waals surface area contributed by atoms with Gasteiger partial charge in [0.1, 0.15) is 0 Å². The van der Waals surface area contributed by atoms with Gasteiger partial charge in [-0.2, -0.15) is 0 Å². The van der Waals surface area contributed by atoms with E-state index >= 15 is 0 Å². The third-order valence-electron chi connectivity index (χ3n) is 3.58. The van der Waals surface area contributed by atoms with Gasteiger partial charge in [-0.1, -0.05) is 24.3 Å². The third-order valence-corrected chi connectivity index (χ3v) is 3.58. The van der Waals surface area contributed by atoms with Gasteiger partial charge in [-0.3, -0.25) is 4.39 Å². The summed E-state index contributed by atoms with van der Waals surface area (Å²) < 4.78 is 17.8. The molecular weight excluding hydrogens is 306 g/mol. The number of alkyl halides is 1. The Morgan fingerprint density at radius 3 is 2.33 bits per heavy atom. The summed E-state index contributed by atoms with van der Waals surface area (Å²) in [6, 6.07) is 11.9. The highest BCUT2D eigenvalue weighted by Crippen LogP contribution is 2.15. The summed E-state index contributed by atoms with van der Waals surface area (Å²) in [4.78, 5) is 6.24. The number of hydrogen-bond acceptors (Lipinski definition) is 4. The van der Waals surface area contributed by atoms with E-state index in [0.717, 1.165) is 16.8 Å². The molecule has 1 aromatic carbocycles. The van der Waals surface area contributed by atoms with E-state index in [1.54, 1.807) is 12.3 Å². The lowest BCUT2D eigenvalue weighted by atomic mass is 10.1. The van der Waals surface area contributed by atoms with Crippen molar-refractivity contribution in [3.05, 3.63) is 53.7 Å². The lowest BCUT2D eigenvalue weighted by Gasteiger charge is -2.11. The molecule has 1 atom stereocenters. The van der Waals surface area contributed by atoms with Crippen molar-refractivity contribution in [1.29, 1.82) is 0 Å². The van der Waals surface area contributed by atoms with E-state index in [2.05, 4.69) is 34.1 Å². The maximum absolute atomic E-state index is 12.5. The van der Waals surface area contributed by atoms with Gasteiger partial charge in [0.2, 0.25) is 5.88 Å². The number of pyridine rings is 1. The first-order valence-corrected chi connectivity index (χ1v) is 7.83. The van der Waals surface area contributed by atoms with Crippen LogP contribution in [-0.4, -0.2) is 44.1 Å².